The molecule has 1 spiro atoms. The van der Waals surface area contributed by atoms with Crippen molar-refractivity contribution >= 4 is 5.78 Å². The number of allylic oxidation sites excluding steroid dienone is 2. The van der Waals surface area contributed by atoms with Crippen molar-refractivity contribution in [3.05, 3.63) is 11.6 Å². The summed E-state index contributed by atoms with van der Waals surface area (Å²) in [6.45, 7) is 8.36. The van der Waals surface area contributed by atoms with E-state index in [1.165, 1.54) is 5.57 Å². The van der Waals surface area contributed by atoms with Crippen LogP contribution in [0, 0.1) is 22.7 Å². The van der Waals surface area contributed by atoms with Crippen molar-refractivity contribution in [1.29, 1.82) is 0 Å². The van der Waals surface area contributed by atoms with Crippen LogP contribution >= 0.6 is 0 Å². The maximum atomic E-state index is 12.6. The molecule has 1 heterocycles. The van der Waals surface area contributed by atoms with Crippen LogP contribution in [0.5, 0.6) is 0 Å². The van der Waals surface area contributed by atoms with Crippen LogP contribution in [0.4, 0.5) is 0 Å². The van der Waals surface area contributed by atoms with Crippen LogP contribution in [0.2, 0.25) is 0 Å². The van der Waals surface area contributed by atoms with Crippen LogP contribution in [0.15, 0.2) is 11.6 Å². The van der Waals surface area contributed by atoms with Crippen LogP contribution in [0.3, 0.4) is 0 Å². The molecule has 1 saturated heterocycles. The van der Waals surface area contributed by atoms with Gasteiger partial charge in [-0.15, -0.1) is 0 Å². The Morgan fingerprint density at radius 2 is 1.86 bits per heavy atom. The van der Waals surface area contributed by atoms with Crippen molar-refractivity contribution in [2.24, 2.45) is 22.7 Å². The maximum Gasteiger partial charge on any atom is 0.171 e. The van der Waals surface area contributed by atoms with E-state index in [0.717, 1.165) is 51.7 Å². The molecule has 3 nitrogen and oxygen atoms in total. The van der Waals surface area contributed by atoms with E-state index in [1.54, 1.807) is 0 Å². The highest BCUT2D eigenvalue weighted by Gasteiger charge is 2.61. The van der Waals surface area contributed by atoms with Crippen LogP contribution in [0.1, 0.15) is 59.3 Å². The Kier molecular flexibility index (Phi) is 3.16. The first kappa shape index (κ1) is 14.9. The molecule has 0 N–H and O–H groups in total. The average Bonchev–Trinajstić information content (AvgIpc) is 2.96. The monoisotopic (exact) mass is 304 g/mol. The summed E-state index contributed by atoms with van der Waals surface area (Å²) in [4.78, 5) is 12.6. The summed E-state index contributed by atoms with van der Waals surface area (Å²) in [5.74, 6) is 1.07. The number of carbonyl (C=O) groups is 1. The van der Waals surface area contributed by atoms with Crippen LogP contribution < -0.4 is 0 Å². The minimum Gasteiger partial charge on any atom is -0.347 e. The highest BCUT2D eigenvalue weighted by molar-refractivity contribution is 5.89. The third kappa shape index (κ3) is 1.73. The van der Waals surface area contributed by atoms with E-state index in [-0.39, 0.29) is 16.6 Å². The number of fused-ring (bicyclic) bond motifs is 3. The van der Waals surface area contributed by atoms with Crippen molar-refractivity contribution in [3.8, 4) is 0 Å². The van der Waals surface area contributed by atoms with Crippen molar-refractivity contribution in [2.45, 2.75) is 65.1 Å². The topological polar surface area (TPSA) is 35.5 Å². The fourth-order valence-corrected chi connectivity index (χ4v) is 6.07. The highest BCUT2D eigenvalue weighted by atomic mass is 16.7. The minimum atomic E-state index is -0.350. The SMILES string of the molecule is CC1C2CCC3(C)C(=O)CCC=C3C2(C)CCC12OCCO2. The fraction of sp³-hybridized carbons (Fsp3) is 0.842. The Bertz CT molecular complexity index is 531. The van der Waals surface area contributed by atoms with Gasteiger partial charge in [0.2, 0.25) is 0 Å². The van der Waals surface area contributed by atoms with E-state index in [4.69, 9.17) is 9.47 Å². The predicted octanol–water partition coefficient (Wildman–Crippen LogP) is 3.87. The Morgan fingerprint density at radius 1 is 1.14 bits per heavy atom. The molecule has 0 amide bonds. The van der Waals surface area contributed by atoms with Gasteiger partial charge in [0.05, 0.1) is 13.2 Å². The van der Waals surface area contributed by atoms with Gasteiger partial charge < -0.3 is 9.47 Å². The first-order valence-electron chi connectivity index (χ1n) is 8.95. The summed E-state index contributed by atoms with van der Waals surface area (Å²) in [7, 11) is 0. The van der Waals surface area contributed by atoms with Gasteiger partial charge >= 0.3 is 0 Å². The third-order valence-electron chi connectivity index (χ3n) is 7.38. The lowest BCUT2D eigenvalue weighted by atomic mass is 9.46. The molecule has 4 atom stereocenters. The number of ketones is 1. The fourth-order valence-electron chi connectivity index (χ4n) is 6.07. The van der Waals surface area contributed by atoms with Gasteiger partial charge in [-0.1, -0.05) is 25.5 Å². The Balaban J connectivity index is 1.73. The molecule has 3 heteroatoms. The standard InChI is InChI=1S/C19H28O3/c1-13-14-7-8-18(3)15(5-4-6-16(18)20)17(14,2)9-10-19(13)21-11-12-22-19/h5,13-14H,4,6-12H2,1-3H3. The van der Waals surface area contributed by atoms with Gasteiger partial charge in [-0.2, -0.15) is 0 Å². The summed E-state index contributed by atoms with van der Waals surface area (Å²) in [6, 6.07) is 0. The number of hydrogen-bond acceptors (Lipinski definition) is 3. The van der Waals surface area contributed by atoms with E-state index < -0.39 is 0 Å². The van der Waals surface area contributed by atoms with Crippen LogP contribution in [0.25, 0.3) is 0 Å². The van der Waals surface area contributed by atoms with Crippen LogP contribution in [-0.4, -0.2) is 24.8 Å². The second-order valence-electron chi connectivity index (χ2n) is 8.27. The second-order valence-corrected chi connectivity index (χ2v) is 8.27. The Labute approximate surface area is 133 Å². The quantitative estimate of drug-likeness (QED) is 0.637. The zero-order chi connectivity index (χ0) is 15.6. The normalized spacial score (nSPS) is 47.0. The van der Waals surface area contributed by atoms with Crippen molar-refractivity contribution in [2.75, 3.05) is 13.2 Å². The van der Waals surface area contributed by atoms with Gasteiger partial charge in [-0.05, 0) is 43.9 Å². The van der Waals surface area contributed by atoms with E-state index in [0.29, 0.717) is 17.6 Å². The first-order chi connectivity index (χ1) is 10.4. The molecule has 4 unspecified atom stereocenters. The lowest BCUT2D eigenvalue weighted by Gasteiger charge is -2.60. The van der Waals surface area contributed by atoms with Crippen molar-refractivity contribution in [1.82, 2.24) is 0 Å². The van der Waals surface area contributed by atoms with Gasteiger partial charge in [-0.25, -0.2) is 0 Å². The van der Waals surface area contributed by atoms with Gasteiger partial charge in [0, 0.05) is 24.2 Å². The minimum absolute atomic E-state index is 0.142. The molecular weight excluding hydrogens is 276 g/mol. The molecule has 1 aliphatic heterocycles. The third-order valence-corrected chi connectivity index (χ3v) is 7.38. The molecule has 2 saturated carbocycles. The van der Waals surface area contributed by atoms with Gasteiger partial charge in [0.15, 0.2) is 5.79 Å². The van der Waals surface area contributed by atoms with Crippen molar-refractivity contribution < 1.29 is 14.3 Å². The summed E-state index contributed by atoms with van der Waals surface area (Å²) in [6.07, 6.45) is 8.21. The lowest BCUT2D eigenvalue weighted by molar-refractivity contribution is -0.243. The lowest BCUT2D eigenvalue weighted by Crippen LogP contribution is -2.57. The molecule has 0 aromatic carbocycles. The summed E-state index contributed by atoms with van der Waals surface area (Å²) < 4.78 is 12.1. The predicted molar refractivity (Wildman–Crippen MR) is 84.3 cm³/mol. The molecular formula is C19H28O3. The average molecular weight is 304 g/mol. The molecule has 0 radical (unpaired) electrons. The Morgan fingerprint density at radius 3 is 2.59 bits per heavy atom. The zero-order valence-electron chi connectivity index (χ0n) is 14.1. The van der Waals surface area contributed by atoms with Crippen molar-refractivity contribution in [3.63, 3.8) is 0 Å². The molecule has 3 fully saturated rings. The first-order valence-corrected chi connectivity index (χ1v) is 8.95. The van der Waals surface area contributed by atoms with E-state index in [1.807, 2.05) is 0 Å². The molecule has 0 aromatic rings. The summed E-state index contributed by atoms with van der Waals surface area (Å²) >= 11 is 0. The number of ether oxygens (including phenoxy) is 2. The molecule has 4 rings (SSSR count). The number of rotatable bonds is 0. The maximum absolute atomic E-state index is 12.6. The van der Waals surface area contributed by atoms with Gasteiger partial charge in [0.1, 0.15) is 5.78 Å². The largest absolute Gasteiger partial charge is 0.347 e. The Hall–Kier alpha value is -0.670. The molecule has 3 aliphatic carbocycles. The molecule has 4 aliphatic rings. The van der Waals surface area contributed by atoms with Gasteiger partial charge in [-0.3, -0.25) is 4.79 Å². The number of carbonyl (C=O) groups excluding carboxylic acids is 1. The van der Waals surface area contributed by atoms with Gasteiger partial charge in [0.25, 0.3) is 0 Å². The second kappa shape index (κ2) is 4.67. The summed E-state index contributed by atoms with van der Waals surface area (Å²) in [5.41, 5.74) is 1.38. The molecule has 0 bridgehead atoms. The number of Topliss-reactive ketones (excluding diaryl/α,β-unsaturated/α-hetero) is 1. The molecule has 0 aromatic heterocycles. The number of hydrogen-bond donors (Lipinski definition) is 0. The summed E-state index contributed by atoms with van der Waals surface area (Å²) in [5, 5.41) is 0. The smallest absolute Gasteiger partial charge is 0.171 e. The van der Waals surface area contributed by atoms with Crippen LogP contribution in [-0.2, 0) is 14.3 Å². The van der Waals surface area contributed by atoms with E-state index in [2.05, 4.69) is 26.8 Å². The molecule has 22 heavy (non-hydrogen) atoms. The highest BCUT2D eigenvalue weighted by Crippen LogP contribution is 2.64. The van der Waals surface area contributed by atoms with E-state index >= 15 is 0 Å². The zero-order valence-corrected chi connectivity index (χ0v) is 14.1. The molecule has 122 valence electrons. The van der Waals surface area contributed by atoms with E-state index in [9.17, 15) is 4.79 Å².